The maximum Gasteiger partial charge on any atom is 0.103 e. The van der Waals surface area contributed by atoms with Crippen LogP contribution in [0.1, 0.15) is 37.5 Å². The molecule has 1 aliphatic rings. The normalized spacial score (nSPS) is 18.9. The number of benzene rings is 2. The Kier molecular flexibility index (Phi) is 6.70. The molecule has 0 N–H and O–H groups in total. The van der Waals surface area contributed by atoms with Crippen LogP contribution < -0.4 is 4.90 Å². The van der Waals surface area contributed by atoms with Gasteiger partial charge in [-0.05, 0) is 55.7 Å². The second-order valence-electron chi connectivity index (χ2n) is 7.04. The van der Waals surface area contributed by atoms with E-state index in [9.17, 15) is 0 Å². The second-order valence-corrected chi connectivity index (χ2v) is 7.04. The number of nitrogens with zero attached hydrogens (tertiary/aromatic N) is 2. The van der Waals surface area contributed by atoms with Crippen molar-refractivity contribution in [2.24, 2.45) is 0 Å². The molecule has 0 saturated carbocycles. The third kappa shape index (κ3) is 4.11. The predicted octanol–water partition coefficient (Wildman–Crippen LogP) is 4.54. The van der Waals surface area contributed by atoms with Crippen LogP contribution in [0.2, 0.25) is 0 Å². The minimum Gasteiger partial charge on any atom is -0.375 e. The number of hydrogen-bond donors (Lipinski definition) is 0. The van der Waals surface area contributed by atoms with E-state index in [1.165, 1.54) is 23.2 Å². The lowest BCUT2D eigenvalue weighted by atomic mass is 10.1. The summed E-state index contributed by atoms with van der Waals surface area (Å²) in [6, 6.07) is 19.9. The first-order valence-corrected chi connectivity index (χ1v) is 9.93. The Labute approximate surface area is 158 Å². The molecule has 2 aromatic rings. The van der Waals surface area contributed by atoms with Gasteiger partial charge in [0.2, 0.25) is 0 Å². The molecular formula is C23H32N2O. The molecule has 0 heterocycles. The average Bonchev–Trinajstić information content (AvgIpc) is 3.07. The predicted molar refractivity (Wildman–Crippen MR) is 110 cm³/mol. The van der Waals surface area contributed by atoms with Crippen LogP contribution in [0, 0.1) is 0 Å². The van der Waals surface area contributed by atoms with E-state index in [1.54, 1.807) is 0 Å². The first kappa shape index (κ1) is 18.9. The number of methoxy groups -OCH3 is 1. The number of para-hydroxylation sites is 1. The van der Waals surface area contributed by atoms with Crippen LogP contribution in [0.5, 0.6) is 0 Å². The van der Waals surface area contributed by atoms with E-state index in [4.69, 9.17) is 4.74 Å². The topological polar surface area (TPSA) is 15.7 Å². The number of anilines is 1. The summed E-state index contributed by atoms with van der Waals surface area (Å²) in [5.41, 5.74) is 4.07. The fourth-order valence-corrected chi connectivity index (χ4v) is 4.21. The molecule has 0 spiro atoms. The van der Waals surface area contributed by atoms with Crippen molar-refractivity contribution in [3.63, 3.8) is 0 Å². The van der Waals surface area contributed by atoms with Crippen LogP contribution in [-0.4, -0.2) is 44.2 Å². The summed E-state index contributed by atoms with van der Waals surface area (Å²) in [5, 5.41) is 0. The highest BCUT2D eigenvalue weighted by molar-refractivity contribution is 5.50. The summed E-state index contributed by atoms with van der Waals surface area (Å²) in [6.07, 6.45) is 2.36. The van der Waals surface area contributed by atoms with Crippen molar-refractivity contribution in [2.45, 2.75) is 38.8 Å². The van der Waals surface area contributed by atoms with Crippen LogP contribution in [0.4, 0.5) is 5.69 Å². The molecule has 0 radical (unpaired) electrons. The molecule has 0 amide bonds. The quantitative estimate of drug-likeness (QED) is 0.659. The van der Waals surface area contributed by atoms with E-state index in [2.05, 4.69) is 78.2 Å². The van der Waals surface area contributed by atoms with Gasteiger partial charge in [0.05, 0.1) is 6.04 Å². The van der Waals surface area contributed by atoms with Crippen LogP contribution in [0.25, 0.3) is 0 Å². The molecule has 0 unspecified atom stereocenters. The molecule has 0 aliphatic heterocycles. The van der Waals surface area contributed by atoms with Crippen LogP contribution in [-0.2, 0) is 11.2 Å². The molecule has 0 bridgehead atoms. The molecule has 26 heavy (non-hydrogen) atoms. The highest BCUT2D eigenvalue weighted by Crippen LogP contribution is 2.38. The largest absolute Gasteiger partial charge is 0.375 e. The molecule has 3 heteroatoms. The van der Waals surface area contributed by atoms with E-state index in [0.717, 1.165) is 32.6 Å². The molecule has 2 aromatic carbocycles. The lowest BCUT2D eigenvalue weighted by Gasteiger charge is -2.35. The standard InChI is InChI=1S/C23H32N2O/c1-4-24(5-2)16-11-17-25(20-13-7-6-8-14-20)22-18-19-12-9-10-15-21(19)23(22)26-3/h6-10,12-15,22-23H,4-5,11,16-18H2,1-3H3/t22-,23-/m1/s1. The third-order valence-corrected chi connectivity index (χ3v) is 5.65. The Hall–Kier alpha value is -1.84. The third-order valence-electron chi connectivity index (χ3n) is 5.65. The zero-order valence-electron chi connectivity index (χ0n) is 16.4. The molecule has 2 atom stereocenters. The summed E-state index contributed by atoms with van der Waals surface area (Å²) < 4.78 is 5.97. The Morgan fingerprint density at radius 3 is 2.31 bits per heavy atom. The molecule has 3 rings (SSSR count). The zero-order chi connectivity index (χ0) is 18.4. The van der Waals surface area contributed by atoms with Gasteiger partial charge in [0.15, 0.2) is 0 Å². The van der Waals surface area contributed by atoms with E-state index < -0.39 is 0 Å². The van der Waals surface area contributed by atoms with Crippen molar-refractivity contribution < 1.29 is 4.74 Å². The molecular weight excluding hydrogens is 320 g/mol. The van der Waals surface area contributed by atoms with E-state index in [1.807, 2.05) is 7.11 Å². The summed E-state index contributed by atoms with van der Waals surface area (Å²) in [5.74, 6) is 0. The van der Waals surface area contributed by atoms with Crippen molar-refractivity contribution in [3.05, 3.63) is 65.7 Å². The van der Waals surface area contributed by atoms with Crippen molar-refractivity contribution >= 4 is 5.69 Å². The first-order valence-electron chi connectivity index (χ1n) is 9.93. The summed E-state index contributed by atoms with van der Waals surface area (Å²) in [4.78, 5) is 5.07. The van der Waals surface area contributed by atoms with Gasteiger partial charge >= 0.3 is 0 Å². The first-order chi connectivity index (χ1) is 12.8. The maximum atomic E-state index is 5.97. The van der Waals surface area contributed by atoms with Crippen LogP contribution >= 0.6 is 0 Å². The Morgan fingerprint density at radius 2 is 1.62 bits per heavy atom. The smallest absolute Gasteiger partial charge is 0.103 e. The molecule has 0 aromatic heterocycles. The fourth-order valence-electron chi connectivity index (χ4n) is 4.21. The van der Waals surface area contributed by atoms with Crippen molar-refractivity contribution in [2.75, 3.05) is 38.2 Å². The minimum atomic E-state index is 0.139. The van der Waals surface area contributed by atoms with Gasteiger partial charge < -0.3 is 14.5 Å². The number of hydrogen-bond acceptors (Lipinski definition) is 3. The van der Waals surface area contributed by atoms with Gasteiger partial charge in [0.1, 0.15) is 6.10 Å². The minimum absolute atomic E-state index is 0.139. The molecule has 1 aliphatic carbocycles. The highest BCUT2D eigenvalue weighted by Gasteiger charge is 2.36. The number of fused-ring (bicyclic) bond motifs is 1. The van der Waals surface area contributed by atoms with Crippen LogP contribution in [0.3, 0.4) is 0 Å². The molecule has 0 saturated heterocycles. The van der Waals surface area contributed by atoms with Gasteiger partial charge in [-0.3, -0.25) is 0 Å². The summed E-state index contributed by atoms with van der Waals surface area (Å²) >= 11 is 0. The van der Waals surface area contributed by atoms with Gasteiger partial charge in [-0.15, -0.1) is 0 Å². The van der Waals surface area contributed by atoms with Gasteiger partial charge in [0.25, 0.3) is 0 Å². The SMILES string of the molecule is CCN(CC)CCCN(c1ccccc1)[C@@H]1Cc2ccccc2[C@H]1OC. The van der Waals surface area contributed by atoms with Crippen LogP contribution in [0.15, 0.2) is 54.6 Å². The summed E-state index contributed by atoms with van der Waals surface area (Å²) in [7, 11) is 1.85. The van der Waals surface area contributed by atoms with Crippen molar-refractivity contribution in [1.82, 2.24) is 4.90 Å². The molecule has 3 nitrogen and oxygen atoms in total. The Bertz CT molecular complexity index is 669. The number of ether oxygens (including phenoxy) is 1. The van der Waals surface area contributed by atoms with E-state index in [0.29, 0.717) is 6.04 Å². The Balaban J connectivity index is 1.80. The second kappa shape index (κ2) is 9.20. The molecule has 0 fully saturated rings. The average molecular weight is 353 g/mol. The fraction of sp³-hybridized carbons (Fsp3) is 0.478. The number of rotatable bonds is 9. The Morgan fingerprint density at radius 1 is 0.923 bits per heavy atom. The van der Waals surface area contributed by atoms with E-state index in [-0.39, 0.29) is 6.10 Å². The van der Waals surface area contributed by atoms with Gasteiger partial charge in [-0.2, -0.15) is 0 Å². The monoisotopic (exact) mass is 352 g/mol. The van der Waals surface area contributed by atoms with Crippen molar-refractivity contribution in [3.8, 4) is 0 Å². The summed E-state index contributed by atoms with van der Waals surface area (Å²) in [6.45, 7) is 8.93. The molecule has 140 valence electrons. The highest BCUT2D eigenvalue weighted by atomic mass is 16.5. The lowest BCUT2D eigenvalue weighted by molar-refractivity contribution is 0.0869. The van der Waals surface area contributed by atoms with E-state index >= 15 is 0 Å². The maximum absolute atomic E-state index is 5.97. The van der Waals surface area contributed by atoms with Gasteiger partial charge in [-0.25, -0.2) is 0 Å². The van der Waals surface area contributed by atoms with Crippen molar-refractivity contribution in [1.29, 1.82) is 0 Å². The zero-order valence-corrected chi connectivity index (χ0v) is 16.4. The van der Waals surface area contributed by atoms with Gasteiger partial charge in [0, 0.05) is 19.3 Å². The van der Waals surface area contributed by atoms with Gasteiger partial charge in [-0.1, -0.05) is 56.3 Å². The lowest BCUT2D eigenvalue weighted by Crippen LogP contribution is -2.41.